The number of hydrogen-bond acceptors (Lipinski definition) is 2. The number of hydrogen-bond donors (Lipinski definition) is 2. The van der Waals surface area contributed by atoms with Crippen LogP contribution in [0, 0.1) is 23.0 Å². The fraction of sp³-hybridized carbons (Fsp3) is 0.588. The lowest BCUT2D eigenvalue weighted by Crippen LogP contribution is -2.45. The molecule has 0 bridgehead atoms. The van der Waals surface area contributed by atoms with Crippen molar-refractivity contribution < 1.29 is 18.7 Å². The Kier molecular flexibility index (Phi) is 4.85. The van der Waals surface area contributed by atoms with Crippen LogP contribution in [-0.4, -0.2) is 23.7 Å². The zero-order valence-corrected chi connectivity index (χ0v) is 13.2. The van der Waals surface area contributed by atoms with E-state index in [9.17, 15) is 13.6 Å². The Bertz CT molecular complexity index is 554. The summed E-state index contributed by atoms with van der Waals surface area (Å²) >= 11 is 0. The smallest absolute Gasteiger partial charge is 0.223 e. The Labute approximate surface area is 129 Å². The van der Waals surface area contributed by atoms with Gasteiger partial charge in [0.05, 0.1) is 0 Å². The topological polar surface area (TPSA) is 49.3 Å². The van der Waals surface area contributed by atoms with Gasteiger partial charge in [0.2, 0.25) is 5.91 Å². The normalized spacial score (nSPS) is 22.3. The van der Waals surface area contributed by atoms with Crippen molar-refractivity contribution in [3.63, 3.8) is 0 Å². The van der Waals surface area contributed by atoms with Crippen molar-refractivity contribution in [2.75, 3.05) is 6.61 Å². The van der Waals surface area contributed by atoms with Gasteiger partial charge in [0, 0.05) is 18.6 Å². The van der Waals surface area contributed by atoms with Gasteiger partial charge < -0.3 is 10.4 Å². The highest BCUT2D eigenvalue weighted by Gasteiger charge is 2.46. The maximum Gasteiger partial charge on any atom is 0.223 e. The van der Waals surface area contributed by atoms with Crippen molar-refractivity contribution >= 4 is 5.91 Å². The van der Waals surface area contributed by atoms with Crippen molar-refractivity contribution in [3.8, 4) is 0 Å². The van der Waals surface area contributed by atoms with Crippen LogP contribution in [0.1, 0.15) is 45.1 Å². The second-order valence-corrected chi connectivity index (χ2v) is 7.03. The largest absolute Gasteiger partial charge is 0.396 e. The zero-order chi connectivity index (χ0) is 16.5. The van der Waals surface area contributed by atoms with Gasteiger partial charge in [-0.1, -0.05) is 32.9 Å². The number of carbonyl (C=O) groups excluding carboxylic acids is 1. The predicted molar refractivity (Wildman–Crippen MR) is 80.3 cm³/mol. The van der Waals surface area contributed by atoms with Crippen LogP contribution in [0.3, 0.4) is 0 Å². The lowest BCUT2D eigenvalue weighted by molar-refractivity contribution is -0.124. The maximum absolute atomic E-state index is 13.8. The van der Waals surface area contributed by atoms with Gasteiger partial charge >= 0.3 is 0 Å². The average Bonchev–Trinajstić information content (AvgIpc) is 3.20. The summed E-state index contributed by atoms with van der Waals surface area (Å²) < 4.78 is 27.0. The van der Waals surface area contributed by atoms with E-state index in [0.29, 0.717) is 12.8 Å². The van der Waals surface area contributed by atoms with Gasteiger partial charge in [-0.25, -0.2) is 8.78 Å². The summed E-state index contributed by atoms with van der Waals surface area (Å²) in [6.45, 7) is 5.97. The first-order valence-corrected chi connectivity index (χ1v) is 7.61. The molecule has 1 saturated carbocycles. The molecule has 1 fully saturated rings. The molecule has 2 N–H and O–H groups in total. The van der Waals surface area contributed by atoms with Crippen molar-refractivity contribution in [1.29, 1.82) is 0 Å². The van der Waals surface area contributed by atoms with Crippen molar-refractivity contribution in [1.82, 2.24) is 5.32 Å². The summed E-state index contributed by atoms with van der Waals surface area (Å²) in [5, 5.41) is 12.1. The van der Waals surface area contributed by atoms with E-state index in [-0.39, 0.29) is 41.4 Å². The summed E-state index contributed by atoms with van der Waals surface area (Å²) in [4.78, 5) is 12.3. The lowest BCUT2D eigenvalue weighted by atomic mass is 9.85. The highest BCUT2D eigenvalue weighted by atomic mass is 19.2. The standard InChI is InChI=1S/C17H23F2NO2/c1-17(2,3)14(7-8-21)20-16(22)12-9-11(12)10-5-4-6-13(18)15(10)19/h4-6,11-12,14,21H,7-9H2,1-3H3,(H,20,22). The molecule has 0 spiro atoms. The fourth-order valence-electron chi connectivity index (χ4n) is 2.76. The average molecular weight is 311 g/mol. The molecule has 1 aliphatic carbocycles. The van der Waals surface area contributed by atoms with E-state index in [1.165, 1.54) is 12.1 Å². The number of halogens is 2. The first kappa shape index (κ1) is 16.9. The summed E-state index contributed by atoms with van der Waals surface area (Å²) in [6.07, 6.45) is 1.00. The molecular weight excluding hydrogens is 288 g/mol. The third-order valence-corrected chi connectivity index (χ3v) is 4.29. The number of benzene rings is 1. The van der Waals surface area contributed by atoms with E-state index in [2.05, 4.69) is 5.32 Å². The number of amides is 1. The first-order chi connectivity index (χ1) is 10.3. The molecule has 0 aromatic heterocycles. The molecule has 5 heteroatoms. The molecule has 1 aliphatic rings. The van der Waals surface area contributed by atoms with Crippen LogP contribution < -0.4 is 5.32 Å². The molecule has 3 nitrogen and oxygen atoms in total. The van der Waals surface area contributed by atoms with E-state index in [1.807, 2.05) is 20.8 Å². The molecule has 0 heterocycles. The van der Waals surface area contributed by atoms with Gasteiger partial charge in [-0.15, -0.1) is 0 Å². The van der Waals surface area contributed by atoms with E-state index < -0.39 is 11.6 Å². The highest BCUT2D eigenvalue weighted by molar-refractivity contribution is 5.83. The van der Waals surface area contributed by atoms with Crippen LogP contribution in [0.25, 0.3) is 0 Å². The van der Waals surface area contributed by atoms with Crippen molar-refractivity contribution in [2.45, 2.75) is 45.6 Å². The summed E-state index contributed by atoms with van der Waals surface area (Å²) in [5.41, 5.74) is 0.0991. The third-order valence-electron chi connectivity index (χ3n) is 4.29. The SMILES string of the molecule is CC(C)(C)C(CCO)NC(=O)C1CC1c1cccc(F)c1F. The molecule has 3 atom stereocenters. The minimum absolute atomic E-state index is 0.00512. The summed E-state index contributed by atoms with van der Waals surface area (Å²) in [6, 6.07) is 3.92. The van der Waals surface area contributed by atoms with E-state index >= 15 is 0 Å². The van der Waals surface area contributed by atoms with Crippen molar-refractivity contribution in [2.24, 2.45) is 11.3 Å². The molecule has 0 saturated heterocycles. The Morgan fingerprint density at radius 1 is 1.41 bits per heavy atom. The third kappa shape index (κ3) is 3.64. The molecular formula is C17H23F2NO2. The van der Waals surface area contributed by atoms with Crippen LogP contribution in [0.4, 0.5) is 8.78 Å². The summed E-state index contributed by atoms with van der Waals surface area (Å²) in [7, 11) is 0. The van der Waals surface area contributed by atoms with E-state index in [1.54, 1.807) is 0 Å². The monoisotopic (exact) mass is 311 g/mol. The van der Waals surface area contributed by atoms with Gasteiger partial charge in [0.15, 0.2) is 11.6 Å². The van der Waals surface area contributed by atoms with E-state index in [4.69, 9.17) is 5.11 Å². The van der Waals surface area contributed by atoms with Gasteiger partial charge in [0.25, 0.3) is 0 Å². The number of carbonyl (C=O) groups is 1. The number of nitrogens with one attached hydrogen (secondary N) is 1. The van der Waals surface area contributed by atoms with Gasteiger partial charge in [-0.05, 0) is 35.8 Å². The lowest BCUT2D eigenvalue weighted by Gasteiger charge is -2.31. The predicted octanol–water partition coefficient (Wildman–Crippen LogP) is 2.98. The Hall–Kier alpha value is -1.49. The van der Waals surface area contributed by atoms with Gasteiger partial charge in [-0.2, -0.15) is 0 Å². The van der Waals surface area contributed by atoms with Gasteiger partial charge in [0.1, 0.15) is 0 Å². The Balaban J connectivity index is 2.02. The molecule has 22 heavy (non-hydrogen) atoms. The van der Waals surface area contributed by atoms with Crippen molar-refractivity contribution in [3.05, 3.63) is 35.4 Å². The second-order valence-electron chi connectivity index (χ2n) is 7.03. The molecule has 1 amide bonds. The second kappa shape index (κ2) is 6.32. The van der Waals surface area contributed by atoms with Crippen LogP contribution in [0.5, 0.6) is 0 Å². The minimum Gasteiger partial charge on any atom is -0.396 e. The van der Waals surface area contributed by atoms with Gasteiger partial charge in [-0.3, -0.25) is 4.79 Å². The molecule has 3 unspecified atom stereocenters. The molecule has 122 valence electrons. The fourth-order valence-corrected chi connectivity index (χ4v) is 2.76. The molecule has 0 radical (unpaired) electrons. The summed E-state index contributed by atoms with van der Waals surface area (Å²) in [5.74, 6) is -2.46. The maximum atomic E-state index is 13.8. The molecule has 2 rings (SSSR count). The number of aliphatic hydroxyl groups excluding tert-OH is 1. The number of aliphatic hydroxyl groups is 1. The number of rotatable bonds is 5. The van der Waals surface area contributed by atoms with E-state index in [0.717, 1.165) is 6.07 Å². The van der Waals surface area contributed by atoms with Crippen LogP contribution >= 0.6 is 0 Å². The minimum atomic E-state index is -0.878. The quantitative estimate of drug-likeness (QED) is 0.878. The van der Waals surface area contributed by atoms with Crippen LogP contribution in [0.2, 0.25) is 0 Å². The Morgan fingerprint density at radius 2 is 2.09 bits per heavy atom. The zero-order valence-electron chi connectivity index (χ0n) is 13.2. The molecule has 1 aromatic carbocycles. The molecule has 0 aliphatic heterocycles. The highest BCUT2D eigenvalue weighted by Crippen LogP contribution is 2.48. The molecule has 1 aromatic rings. The Morgan fingerprint density at radius 3 is 2.68 bits per heavy atom. The van der Waals surface area contributed by atoms with Crippen LogP contribution in [0.15, 0.2) is 18.2 Å². The van der Waals surface area contributed by atoms with Crippen LogP contribution in [-0.2, 0) is 4.79 Å². The first-order valence-electron chi connectivity index (χ1n) is 7.61.